The second kappa shape index (κ2) is 2.55. The third-order valence-electron chi connectivity index (χ3n) is 3.19. The van der Waals surface area contributed by atoms with E-state index in [1.165, 1.54) is 24.0 Å². The van der Waals surface area contributed by atoms with Crippen molar-refractivity contribution in [3.8, 4) is 0 Å². The summed E-state index contributed by atoms with van der Waals surface area (Å²) in [6.45, 7) is 0. The number of hydrogen-bond donors (Lipinski definition) is 0. The summed E-state index contributed by atoms with van der Waals surface area (Å²) in [5, 5.41) is 0. The third kappa shape index (κ3) is 0.953. The van der Waals surface area contributed by atoms with Gasteiger partial charge in [-0.1, -0.05) is 24.4 Å². The van der Waals surface area contributed by atoms with E-state index in [1.807, 2.05) is 4.57 Å². The predicted molar refractivity (Wildman–Crippen MR) is 57.3 cm³/mol. The second-order valence-corrected chi connectivity index (χ2v) is 4.11. The van der Waals surface area contributed by atoms with Crippen LogP contribution in [0.4, 0.5) is 0 Å². The van der Waals surface area contributed by atoms with E-state index in [1.54, 1.807) is 5.49 Å². The van der Waals surface area contributed by atoms with Crippen LogP contribution in [0.15, 0.2) is 24.5 Å². The lowest BCUT2D eigenvalue weighted by Crippen LogP contribution is -2.14. The van der Waals surface area contributed by atoms with Gasteiger partial charge in [-0.25, -0.2) is 0 Å². The molecule has 1 aromatic rings. The molecule has 0 radical (unpaired) electrons. The summed E-state index contributed by atoms with van der Waals surface area (Å²) in [5.74, 6) is 1.33. The van der Waals surface area contributed by atoms with E-state index in [4.69, 9.17) is 12.2 Å². The van der Waals surface area contributed by atoms with Gasteiger partial charge in [0.25, 0.3) is 0 Å². The van der Waals surface area contributed by atoms with Crippen molar-refractivity contribution in [1.82, 2.24) is 4.57 Å². The molecule has 0 fully saturated rings. The first-order chi connectivity index (χ1) is 6.38. The largest absolute Gasteiger partial charge is 0.320 e. The van der Waals surface area contributed by atoms with Crippen LogP contribution < -0.4 is 0 Å². The zero-order valence-corrected chi connectivity index (χ0v) is 8.13. The molecule has 0 amide bonds. The Morgan fingerprint density at radius 1 is 1.15 bits per heavy atom. The molecule has 3 aliphatic carbocycles. The molecule has 0 aliphatic heterocycles. The highest BCUT2D eigenvalue weighted by Crippen LogP contribution is 2.45. The minimum atomic E-state index is 0.663. The van der Waals surface area contributed by atoms with E-state index in [9.17, 15) is 0 Å². The van der Waals surface area contributed by atoms with Gasteiger partial charge in [-0.3, -0.25) is 0 Å². The van der Waals surface area contributed by atoms with Gasteiger partial charge in [-0.15, -0.1) is 0 Å². The first-order valence-electron chi connectivity index (χ1n) is 4.73. The molecule has 0 aromatic carbocycles. The van der Waals surface area contributed by atoms with Gasteiger partial charge >= 0.3 is 0 Å². The molecular weight excluding hydrogens is 178 g/mol. The Hall–Kier alpha value is -0.890. The van der Waals surface area contributed by atoms with Crippen molar-refractivity contribution in [3.05, 3.63) is 35.7 Å². The molecule has 2 heteroatoms. The topological polar surface area (TPSA) is 4.93 Å². The van der Waals surface area contributed by atoms with E-state index in [-0.39, 0.29) is 0 Å². The molecule has 3 aliphatic rings. The van der Waals surface area contributed by atoms with Crippen molar-refractivity contribution >= 4 is 17.7 Å². The second-order valence-electron chi connectivity index (χ2n) is 3.90. The number of nitrogens with zero attached hydrogens (tertiary/aromatic N) is 1. The van der Waals surface area contributed by atoms with Crippen molar-refractivity contribution in [2.75, 3.05) is 0 Å². The van der Waals surface area contributed by atoms with E-state index >= 15 is 0 Å². The molecule has 0 spiro atoms. The summed E-state index contributed by atoms with van der Waals surface area (Å²) in [6.07, 6.45) is 11.7. The SMILES string of the molecule is S=Cn1cc2c(c1)C1C=CC2CC1. The molecule has 1 aromatic heterocycles. The maximum atomic E-state index is 4.92. The van der Waals surface area contributed by atoms with Gasteiger partial charge in [0.2, 0.25) is 0 Å². The summed E-state index contributed by atoms with van der Waals surface area (Å²) in [4.78, 5) is 0. The van der Waals surface area contributed by atoms with E-state index in [0.717, 1.165) is 0 Å². The smallest absolute Gasteiger partial charge is 0.0721 e. The lowest BCUT2D eigenvalue weighted by atomic mass is 9.74. The standard InChI is InChI=1S/C11H11NS/c13-7-12-5-10-8-1-2-9(4-3-8)11(10)6-12/h1-2,5-9H,3-4H2. The third-order valence-corrected chi connectivity index (χ3v) is 3.44. The molecular formula is C11H11NS. The van der Waals surface area contributed by atoms with Crippen LogP contribution >= 0.6 is 12.2 Å². The maximum Gasteiger partial charge on any atom is 0.0721 e. The fourth-order valence-electron chi connectivity index (χ4n) is 2.53. The normalized spacial score (nSPS) is 28.9. The van der Waals surface area contributed by atoms with Crippen LogP contribution in [0.3, 0.4) is 0 Å². The van der Waals surface area contributed by atoms with Gasteiger partial charge < -0.3 is 4.57 Å². The summed E-state index contributed by atoms with van der Waals surface area (Å²) < 4.78 is 2.01. The van der Waals surface area contributed by atoms with Gasteiger partial charge in [0, 0.05) is 24.2 Å². The molecule has 1 nitrogen and oxygen atoms in total. The van der Waals surface area contributed by atoms with Crippen LogP contribution in [-0.2, 0) is 0 Å². The Morgan fingerprint density at radius 2 is 1.69 bits per heavy atom. The van der Waals surface area contributed by atoms with Gasteiger partial charge in [0.1, 0.15) is 0 Å². The summed E-state index contributed by atoms with van der Waals surface area (Å²) in [7, 11) is 0. The van der Waals surface area contributed by atoms with E-state index < -0.39 is 0 Å². The fraction of sp³-hybridized carbons (Fsp3) is 0.364. The van der Waals surface area contributed by atoms with Crippen molar-refractivity contribution in [2.24, 2.45) is 0 Å². The quantitative estimate of drug-likeness (QED) is 0.486. The minimum absolute atomic E-state index is 0.663. The first kappa shape index (κ1) is 7.51. The van der Waals surface area contributed by atoms with Crippen LogP contribution in [0.5, 0.6) is 0 Å². The molecule has 4 rings (SSSR count). The molecule has 1 heterocycles. The van der Waals surface area contributed by atoms with Crippen LogP contribution in [-0.4, -0.2) is 10.1 Å². The van der Waals surface area contributed by atoms with Crippen molar-refractivity contribution in [2.45, 2.75) is 24.7 Å². The zero-order valence-electron chi connectivity index (χ0n) is 7.31. The monoisotopic (exact) mass is 189 g/mol. The highest BCUT2D eigenvalue weighted by atomic mass is 32.1. The molecule has 13 heavy (non-hydrogen) atoms. The van der Waals surface area contributed by atoms with Gasteiger partial charge in [-0.2, -0.15) is 0 Å². The zero-order chi connectivity index (χ0) is 8.84. The highest BCUT2D eigenvalue weighted by Gasteiger charge is 2.29. The number of rotatable bonds is 1. The van der Waals surface area contributed by atoms with Crippen LogP contribution in [0.1, 0.15) is 35.8 Å². The summed E-state index contributed by atoms with van der Waals surface area (Å²) in [5.41, 5.74) is 4.71. The van der Waals surface area contributed by atoms with Crippen molar-refractivity contribution < 1.29 is 0 Å². The lowest BCUT2D eigenvalue weighted by molar-refractivity contribution is 0.557. The van der Waals surface area contributed by atoms with Crippen molar-refractivity contribution in [1.29, 1.82) is 0 Å². The number of thiocarbonyl (C=S) groups is 1. The lowest BCUT2D eigenvalue weighted by Gasteiger charge is -2.30. The van der Waals surface area contributed by atoms with Crippen LogP contribution in [0.25, 0.3) is 0 Å². The average Bonchev–Trinajstić information content (AvgIpc) is 2.64. The first-order valence-corrected chi connectivity index (χ1v) is 5.20. The Balaban J connectivity index is 2.18. The molecule has 2 bridgehead atoms. The predicted octanol–water partition coefficient (Wildman–Crippen LogP) is 2.82. The van der Waals surface area contributed by atoms with Gasteiger partial charge in [0.15, 0.2) is 0 Å². The highest BCUT2D eigenvalue weighted by molar-refractivity contribution is 7.78. The Kier molecular flexibility index (Phi) is 1.47. The summed E-state index contributed by atoms with van der Waals surface area (Å²) >= 11 is 4.92. The molecule has 0 saturated carbocycles. The Bertz CT molecular complexity index is 357. The van der Waals surface area contributed by atoms with Gasteiger partial charge in [0.05, 0.1) is 5.49 Å². The molecule has 66 valence electrons. The van der Waals surface area contributed by atoms with E-state index in [0.29, 0.717) is 11.8 Å². The number of aromatic nitrogens is 1. The minimum Gasteiger partial charge on any atom is -0.320 e. The number of hydrogen-bond acceptors (Lipinski definition) is 1. The van der Waals surface area contributed by atoms with E-state index in [2.05, 4.69) is 24.5 Å². The van der Waals surface area contributed by atoms with Crippen molar-refractivity contribution in [3.63, 3.8) is 0 Å². The number of allylic oxidation sites excluding steroid dienone is 2. The maximum absolute atomic E-state index is 4.92. The Morgan fingerprint density at radius 3 is 2.08 bits per heavy atom. The molecule has 2 atom stereocenters. The van der Waals surface area contributed by atoms with Gasteiger partial charge in [-0.05, 0) is 24.0 Å². The Labute approximate surface area is 83.1 Å². The average molecular weight is 189 g/mol. The molecule has 0 saturated heterocycles. The molecule has 0 N–H and O–H groups in total. The van der Waals surface area contributed by atoms with Crippen LogP contribution in [0, 0.1) is 0 Å². The van der Waals surface area contributed by atoms with Crippen LogP contribution in [0.2, 0.25) is 0 Å². The summed E-state index contributed by atoms with van der Waals surface area (Å²) in [6, 6.07) is 0. The molecule has 2 unspecified atom stereocenters. The fourth-order valence-corrected chi connectivity index (χ4v) is 2.65. The number of fused-ring (bicyclic) bond motifs is 1.